The van der Waals surface area contributed by atoms with Crippen molar-refractivity contribution >= 4 is 11.3 Å². The molecule has 2 heterocycles. The maximum Gasteiger partial charge on any atom is 0.134 e. The first kappa shape index (κ1) is 13.7. The zero-order valence-electron chi connectivity index (χ0n) is 12.1. The molecule has 0 amide bonds. The van der Waals surface area contributed by atoms with Crippen molar-refractivity contribution in [1.29, 1.82) is 0 Å². The van der Waals surface area contributed by atoms with Crippen molar-refractivity contribution in [3.05, 3.63) is 45.2 Å². The van der Waals surface area contributed by atoms with Crippen LogP contribution >= 0.6 is 11.3 Å². The van der Waals surface area contributed by atoms with E-state index in [0.717, 1.165) is 42.6 Å². The lowest BCUT2D eigenvalue weighted by Crippen LogP contribution is -2.20. The molecule has 1 fully saturated rings. The Kier molecular flexibility index (Phi) is 4.13. The minimum atomic E-state index is 0.773. The highest BCUT2D eigenvalue weighted by molar-refractivity contribution is 7.09. The Morgan fingerprint density at radius 2 is 2.00 bits per heavy atom. The largest absolute Gasteiger partial charge is 0.314 e. The van der Waals surface area contributed by atoms with E-state index in [1.54, 1.807) is 11.3 Å². The Bertz CT molecular complexity index is 550. The van der Waals surface area contributed by atoms with Crippen LogP contribution in [0.3, 0.4) is 0 Å². The molecule has 20 heavy (non-hydrogen) atoms. The molecule has 0 unspecified atom stereocenters. The predicted molar refractivity (Wildman–Crippen MR) is 83.4 cm³/mol. The predicted octanol–water partition coefficient (Wildman–Crippen LogP) is 3.04. The molecule has 1 N–H and O–H groups in total. The molecule has 2 aromatic heterocycles. The molecule has 3 rings (SSSR count). The minimum Gasteiger partial charge on any atom is -0.314 e. The molecule has 0 aromatic carbocycles. The number of rotatable bonds is 6. The van der Waals surface area contributed by atoms with Crippen molar-refractivity contribution < 1.29 is 0 Å². The van der Waals surface area contributed by atoms with Crippen molar-refractivity contribution in [2.75, 3.05) is 6.54 Å². The normalized spacial score (nSPS) is 14.7. The second kappa shape index (κ2) is 6.02. The molecule has 2 aromatic rings. The van der Waals surface area contributed by atoms with Gasteiger partial charge in [-0.1, -0.05) is 6.07 Å². The third kappa shape index (κ3) is 3.44. The van der Waals surface area contributed by atoms with Crippen LogP contribution in [0.1, 0.15) is 40.5 Å². The highest BCUT2D eigenvalue weighted by Crippen LogP contribution is 2.19. The van der Waals surface area contributed by atoms with Crippen LogP contribution in [0.4, 0.5) is 0 Å². The van der Waals surface area contributed by atoms with Gasteiger partial charge < -0.3 is 5.32 Å². The first-order chi connectivity index (χ1) is 9.72. The fraction of sp³-hybridized carbons (Fsp3) is 0.500. The van der Waals surface area contributed by atoms with Gasteiger partial charge in [-0.15, -0.1) is 11.3 Å². The van der Waals surface area contributed by atoms with Gasteiger partial charge in [0.15, 0.2) is 0 Å². The number of nitrogens with one attached hydrogen (secondary N) is 1. The molecule has 3 nitrogen and oxygen atoms in total. The molecule has 0 aliphatic heterocycles. The molecular weight excluding hydrogens is 266 g/mol. The molecule has 1 aliphatic rings. The third-order valence-corrected chi connectivity index (χ3v) is 4.64. The first-order valence-corrected chi connectivity index (χ1v) is 8.19. The van der Waals surface area contributed by atoms with Crippen LogP contribution in [0.2, 0.25) is 0 Å². The van der Waals surface area contributed by atoms with E-state index in [1.165, 1.54) is 23.3 Å². The number of hydrogen-bond acceptors (Lipinski definition) is 4. The number of aromatic nitrogens is 2. The van der Waals surface area contributed by atoms with Crippen molar-refractivity contribution in [3.63, 3.8) is 0 Å². The minimum absolute atomic E-state index is 0.773. The van der Waals surface area contributed by atoms with Crippen LogP contribution in [0.15, 0.2) is 17.5 Å². The van der Waals surface area contributed by atoms with Gasteiger partial charge in [0.2, 0.25) is 0 Å². The number of hydrogen-bond donors (Lipinski definition) is 1. The summed E-state index contributed by atoms with van der Waals surface area (Å²) in [5, 5.41) is 5.66. The van der Waals surface area contributed by atoms with Gasteiger partial charge in [-0.05, 0) is 56.7 Å². The Labute approximate surface area is 124 Å². The van der Waals surface area contributed by atoms with Gasteiger partial charge >= 0.3 is 0 Å². The van der Waals surface area contributed by atoms with Crippen LogP contribution in [0.5, 0.6) is 0 Å². The molecule has 4 heteroatoms. The number of thiophene rings is 1. The summed E-state index contributed by atoms with van der Waals surface area (Å²) in [5.41, 5.74) is 3.59. The van der Waals surface area contributed by atoms with E-state index in [9.17, 15) is 0 Å². The Hall–Kier alpha value is -1.26. The van der Waals surface area contributed by atoms with E-state index in [1.807, 2.05) is 0 Å². The molecule has 0 spiro atoms. The molecule has 1 saturated carbocycles. The summed E-state index contributed by atoms with van der Waals surface area (Å²) in [6.45, 7) is 5.26. The van der Waals surface area contributed by atoms with E-state index < -0.39 is 0 Å². The Morgan fingerprint density at radius 1 is 1.25 bits per heavy atom. The van der Waals surface area contributed by atoms with Crippen LogP contribution < -0.4 is 5.32 Å². The van der Waals surface area contributed by atoms with E-state index in [4.69, 9.17) is 9.97 Å². The zero-order valence-corrected chi connectivity index (χ0v) is 13.0. The van der Waals surface area contributed by atoms with E-state index in [2.05, 4.69) is 36.7 Å². The summed E-state index contributed by atoms with van der Waals surface area (Å²) in [5.74, 6) is 0.946. The molecule has 0 radical (unpaired) electrons. The van der Waals surface area contributed by atoms with Gasteiger partial charge in [-0.2, -0.15) is 0 Å². The summed E-state index contributed by atoms with van der Waals surface area (Å²) in [7, 11) is 0. The lowest BCUT2D eigenvalue weighted by molar-refractivity contribution is 0.674. The van der Waals surface area contributed by atoms with E-state index in [0.29, 0.717) is 0 Å². The fourth-order valence-corrected chi connectivity index (χ4v) is 3.21. The van der Waals surface area contributed by atoms with E-state index in [-0.39, 0.29) is 0 Å². The molecule has 1 aliphatic carbocycles. The van der Waals surface area contributed by atoms with Crippen LogP contribution in [0.25, 0.3) is 0 Å². The van der Waals surface area contributed by atoms with Crippen molar-refractivity contribution in [2.24, 2.45) is 0 Å². The van der Waals surface area contributed by atoms with Gasteiger partial charge in [-0.3, -0.25) is 0 Å². The second-order valence-electron chi connectivity index (χ2n) is 5.52. The Balaban J connectivity index is 1.68. The lowest BCUT2D eigenvalue weighted by Gasteiger charge is -2.11. The van der Waals surface area contributed by atoms with E-state index >= 15 is 0 Å². The van der Waals surface area contributed by atoms with Crippen molar-refractivity contribution in [3.8, 4) is 0 Å². The van der Waals surface area contributed by atoms with Crippen molar-refractivity contribution in [2.45, 2.75) is 45.6 Å². The summed E-state index contributed by atoms with van der Waals surface area (Å²) in [4.78, 5) is 10.7. The third-order valence-electron chi connectivity index (χ3n) is 3.76. The fourth-order valence-electron chi connectivity index (χ4n) is 2.51. The van der Waals surface area contributed by atoms with Crippen molar-refractivity contribution in [1.82, 2.24) is 15.3 Å². The van der Waals surface area contributed by atoms with Gasteiger partial charge in [-0.25, -0.2) is 9.97 Å². The summed E-state index contributed by atoms with van der Waals surface area (Å²) in [6.07, 6.45) is 4.57. The van der Waals surface area contributed by atoms with Crippen LogP contribution in [0, 0.1) is 13.8 Å². The average molecular weight is 287 g/mol. The SMILES string of the molecule is Cc1nc(Cc2cccs2)nc(C)c1CCNC1CC1. The monoisotopic (exact) mass is 287 g/mol. The highest BCUT2D eigenvalue weighted by Gasteiger charge is 2.20. The lowest BCUT2D eigenvalue weighted by atomic mass is 10.1. The number of nitrogens with zero attached hydrogens (tertiary/aromatic N) is 2. The smallest absolute Gasteiger partial charge is 0.134 e. The van der Waals surface area contributed by atoms with Gasteiger partial charge in [0.1, 0.15) is 5.82 Å². The van der Waals surface area contributed by atoms with Crippen LogP contribution in [-0.2, 0) is 12.8 Å². The average Bonchev–Trinajstić information content (AvgIpc) is 3.09. The maximum atomic E-state index is 4.69. The maximum absolute atomic E-state index is 4.69. The molecule has 0 bridgehead atoms. The quantitative estimate of drug-likeness (QED) is 0.887. The standard InChI is InChI=1S/C16H21N3S/c1-11-15(7-8-17-13-5-6-13)12(2)19-16(18-11)10-14-4-3-9-20-14/h3-4,9,13,17H,5-8,10H2,1-2H3. The van der Waals surface area contributed by atoms with Crippen LogP contribution in [-0.4, -0.2) is 22.6 Å². The van der Waals surface area contributed by atoms with Gasteiger partial charge in [0, 0.05) is 28.7 Å². The Morgan fingerprint density at radius 3 is 2.60 bits per heavy atom. The molecule has 106 valence electrons. The second-order valence-corrected chi connectivity index (χ2v) is 6.56. The molecular formula is C16H21N3S. The first-order valence-electron chi connectivity index (χ1n) is 7.31. The summed E-state index contributed by atoms with van der Waals surface area (Å²) < 4.78 is 0. The summed E-state index contributed by atoms with van der Waals surface area (Å²) >= 11 is 1.77. The number of aryl methyl sites for hydroxylation is 2. The molecule has 0 saturated heterocycles. The van der Waals surface area contributed by atoms with Gasteiger partial charge in [0.25, 0.3) is 0 Å². The summed E-state index contributed by atoms with van der Waals surface area (Å²) in [6, 6.07) is 5.00. The topological polar surface area (TPSA) is 37.8 Å². The highest BCUT2D eigenvalue weighted by atomic mass is 32.1. The zero-order chi connectivity index (χ0) is 13.9. The van der Waals surface area contributed by atoms with Gasteiger partial charge in [0.05, 0.1) is 0 Å². The molecule has 0 atom stereocenters.